The van der Waals surface area contributed by atoms with Crippen molar-refractivity contribution in [3.63, 3.8) is 0 Å². The van der Waals surface area contributed by atoms with Gasteiger partial charge in [-0.05, 0) is 25.1 Å². The van der Waals surface area contributed by atoms with E-state index in [1.807, 2.05) is 24.0 Å². The third-order valence-electron chi connectivity index (χ3n) is 3.69. The SMILES string of the molecule is COc1cc2c(cc1CNCc1ccn(C)n1)OC(C)C2. The molecule has 1 aliphatic heterocycles. The molecule has 0 amide bonds. The minimum atomic E-state index is 0.251. The second kappa shape index (κ2) is 5.77. The molecule has 1 atom stereocenters. The summed E-state index contributed by atoms with van der Waals surface area (Å²) in [7, 11) is 3.63. The Morgan fingerprint density at radius 3 is 3.00 bits per heavy atom. The number of benzene rings is 1. The molecule has 0 spiro atoms. The smallest absolute Gasteiger partial charge is 0.123 e. The Kier molecular flexibility index (Phi) is 3.84. The molecule has 5 nitrogen and oxygen atoms in total. The number of fused-ring (bicyclic) bond motifs is 1. The molecule has 0 fully saturated rings. The van der Waals surface area contributed by atoms with Crippen LogP contribution in [0.3, 0.4) is 0 Å². The van der Waals surface area contributed by atoms with Crippen LogP contribution in [-0.4, -0.2) is 23.0 Å². The van der Waals surface area contributed by atoms with E-state index in [0.717, 1.165) is 42.3 Å². The van der Waals surface area contributed by atoms with Gasteiger partial charge in [0.25, 0.3) is 0 Å². The second-order valence-corrected chi connectivity index (χ2v) is 5.49. The molecule has 0 bridgehead atoms. The minimum Gasteiger partial charge on any atom is -0.496 e. The van der Waals surface area contributed by atoms with Crippen molar-refractivity contribution in [2.75, 3.05) is 7.11 Å². The van der Waals surface area contributed by atoms with Gasteiger partial charge in [0.2, 0.25) is 0 Å². The number of nitrogens with one attached hydrogen (secondary N) is 1. The maximum absolute atomic E-state index is 5.82. The van der Waals surface area contributed by atoms with Crippen molar-refractivity contribution in [2.45, 2.75) is 32.5 Å². The van der Waals surface area contributed by atoms with Crippen LogP contribution >= 0.6 is 0 Å². The molecule has 5 heteroatoms. The number of ether oxygens (including phenoxy) is 2. The molecule has 1 unspecified atom stereocenters. The van der Waals surface area contributed by atoms with Crippen molar-refractivity contribution in [3.05, 3.63) is 41.2 Å². The predicted molar refractivity (Wildman–Crippen MR) is 80.5 cm³/mol. The molecule has 0 saturated heterocycles. The molecule has 2 aromatic rings. The average Bonchev–Trinajstić information content (AvgIpc) is 3.02. The van der Waals surface area contributed by atoms with Crippen LogP contribution in [0.1, 0.15) is 23.7 Å². The first-order valence-corrected chi connectivity index (χ1v) is 7.21. The molecule has 21 heavy (non-hydrogen) atoms. The van der Waals surface area contributed by atoms with Crippen molar-refractivity contribution in [3.8, 4) is 11.5 Å². The Morgan fingerprint density at radius 2 is 2.29 bits per heavy atom. The Morgan fingerprint density at radius 1 is 1.43 bits per heavy atom. The number of rotatable bonds is 5. The molecule has 0 saturated carbocycles. The van der Waals surface area contributed by atoms with Crippen LogP contribution in [0.25, 0.3) is 0 Å². The zero-order valence-corrected chi connectivity index (χ0v) is 12.7. The van der Waals surface area contributed by atoms with Gasteiger partial charge in [0.05, 0.1) is 12.8 Å². The Hall–Kier alpha value is -2.01. The lowest BCUT2D eigenvalue weighted by Crippen LogP contribution is -2.14. The second-order valence-electron chi connectivity index (χ2n) is 5.49. The van der Waals surface area contributed by atoms with Gasteiger partial charge in [-0.3, -0.25) is 4.68 Å². The highest BCUT2D eigenvalue weighted by atomic mass is 16.5. The standard InChI is InChI=1S/C16H21N3O2/c1-11-6-12-7-15(20-3)13(8-16(12)21-11)9-17-10-14-4-5-19(2)18-14/h4-5,7-8,11,17H,6,9-10H2,1-3H3. The van der Waals surface area contributed by atoms with Crippen LogP contribution in [0.2, 0.25) is 0 Å². The first kappa shape index (κ1) is 13.9. The fraction of sp³-hybridized carbons (Fsp3) is 0.438. The van der Waals surface area contributed by atoms with Crippen molar-refractivity contribution in [2.24, 2.45) is 7.05 Å². The maximum Gasteiger partial charge on any atom is 0.123 e. The lowest BCUT2D eigenvalue weighted by Gasteiger charge is -2.11. The van der Waals surface area contributed by atoms with E-state index < -0.39 is 0 Å². The van der Waals surface area contributed by atoms with Crippen molar-refractivity contribution in [1.29, 1.82) is 0 Å². The zero-order chi connectivity index (χ0) is 14.8. The number of hydrogen-bond donors (Lipinski definition) is 1. The van der Waals surface area contributed by atoms with E-state index in [1.54, 1.807) is 7.11 Å². The average molecular weight is 287 g/mol. The summed E-state index contributed by atoms with van der Waals surface area (Å²) >= 11 is 0. The van der Waals surface area contributed by atoms with Crippen LogP contribution in [-0.2, 0) is 26.6 Å². The van der Waals surface area contributed by atoms with E-state index in [1.165, 1.54) is 5.56 Å². The molecule has 1 aliphatic rings. The quantitative estimate of drug-likeness (QED) is 0.914. The lowest BCUT2D eigenvalue weighted by molar-refractivity contribution is 0.254. The maximum atomic E-state index is 5.82. The molecule has 1 aromatic carbocycles. The summed E-state index contributed by atoms with van der Waals surface area (Å²) < 4.78 is 13.1. The Balaban J connectivity index is 1.68. The lowest BCUT2D eigenvalue weighted by atomic mass is 10.1. The third kappa shape index (κ3) is 3.03. The van der Waals surface area contributed by atoms with Crippen LogP contribution in [0.5, 0.6) is 11.5 Å². The minimum absolute atomic E-state index is 0.251. The van der Waals surface area contributed by atoms with Crippen LogP contribution < -0.4 is 14.8 Å². The van der Waals surface area contributed by atoms with E-state index in [2.05, 4.69) is 29.5 Å². The van der Waals surface area contributed by atoms with Gasteiger partial charge < -0.3 is 14.8 Å². The van der Waals surface area contributed by atoms with Gasteiger partial charge in [0, 0.05) is 43.9 Å². The Labute approximate surface area is 124 Å². The first-order valence-electron chi connectivity index (χ1n) is 7.21. The van der Waals surface area contributed by atoms with Crippen LogP contribution in [0, 0.1) is 0 Å². The normalized spacial score (nSPS) is 16.6. The van der Waals surface area contributed by atoms with Crippen LogP contribution in [0.4, 0.5) is 0 Å². The summed E-state index contributed by atoms with van der Waals surface area (Å²) in [4.78, 5) is 0. The summed E-state index contributed by atoms with van der Waals surface area (Å²) in [6.07, 6.45) is 3.15. The number of aryl methyl sites for hydroxylation is 1. The zero-order valence-electron chi connectivity index (χ0n) is 12.7. The molecular formula is C16H21N3O2. The van der Waals surface area contributed by atoms with Gasteiger partial charge in [0.15, 0.2) is 0 Å². The summed E-state index contributed by atoms with van der Waals surface area (Å²) in [5, 5.41) is 7.75. The molecule has 112 valence electrons. The summed E-state index contributed by atoms with van der Waals surface area (Å²) in [6.45, 7) is 3.55. The highest BCUT2D eigenvalue weighted by Crippen LogP contribution is 2.34. The molecule has 1 N–H and O–H groups in total. The highest BCUT2D eigenvalue weighted by Gasteiger charge is 2.21. The number of methoxy groups -OCH3 is 1. The van der Waals surface area contributed by atoms with E-state index in [9.17, 15) is 0 Å². The van der Waals surface area contributed by atoms with Gasteiger partial charge >= 0.3 is 0 Å². The van der Waals surface area contributed by atoms with Gasteiger partial charge in [-0.2, -0.15) is 5.10 Å². The van der Waals surface area contributed by atoms with Gasteiger partial charge in [-0.15, -0.1) is 0 Å². The van der Waals surface area contributed by atoms with Gasteiger partial charge in [-0.25, -0.2) is 0 Å². The largest absolute Gasteiger partial charge is 0.496 e. The van der Waals surface area contributed by atoms with Gasteiger partial charge in [0.1, 0.15) is 17.6 Å². The number of hydrogen-bond acceptors (Lipinski definition) is 4. The summed E-state index contributed by atoms with van der Waals surface area (Å²) in [5.74, 6) is 1.90. The Bertz CT molecular complexity index is 636. The number of aromatic nitrogens is 2. The summed E-state index contributed by atoms with van der Waals surface area (Å²) in [6, 6.07) is 6.19. The molecular weight excluding hydrogens is 266 g/mol. The topological polar surface area (TPSA) is 48.3 Å². The van der Waals surface area contributed by atoms with Crippen molar-refractivity contribution < 1.29 is 9.47 Å². The van der Waals surface area contributed by atoms with E-state index in [0.29, 0.717) is 0 Å². The van der Waals surface area contributed by atoms with Crippen LogP contribution in [0.15, 0.2) is 24.4 Å². The molecule has 0 aliphatic carbocycles. The van der Waals surface area contributed by atoms with Crippen molar-refractivity contribution >= 4 is 0 Å². The van der Waals surface area contributed by atoms with E-state index in [-0.39, 0.29) is 6.10 Å². The molecule has 1 aromatic heterocycles. The van der Waals surface area contributed by atoms with E-state index >= 15 is 0 Å². The van der Waals surface area contributed by atoms with E-state index in [4.69, 9.17) is 9.47 Å². The third-order valence-corrected chi connectivity index (χ3v) is 3.69. The molecule has 3 rings (SSSR count). The number of nitrogens with zero attached hydrogens (tertiary/aromatic N) is 2. The fourth-order valence-corrected chi connectivity index (χ4v) is 2.69. The summed E-state index contributed by atoms with van der Waals surface area (Å²) in [5.41, 5.74) is 3.37. The monoisotopic (exact) mass is 287 g/mol. The molecule has 2 heterocycles. The first-order chi connectivity index (χ1) is 10.2. The van der Waals surface area contributed by atoms with Gasteiger partial charge in [-0.1, -0.05) is 0 Å². The van der Waals surface area contributed by atoms with Crippen molar-refractivity contribution in [1.82, 2.24) is 15.1 Å². The highest BCUT2D eigenvalue weighted by molar-refractivity contribution is 5.48. The predicted octanol–water partition coefficient (Wildman–Crippen LogP) is 2.04. The molecule has 0 radical (unpaired) electrons. The fourth-order valence-electron chi connectivity index (χ4n) is 2.69.